The number of alkyl halides is 1. The van der Waals surface area contributed by atoms with E-state index in [9.17, 15) is 9.18 Å². The highest BCUT2D eigenvalue weighted by molar-refractivity contribution is 5.99. The van der Waals surface area contributed by atoms with Gasteiger partial charge in [-0.3, -0.25) is 9.78 Å². The summed E-state index contributed by atoms with van der Waals surface area (Å²) >= 11 is 0. The van der Waals surface area contributed by atoms with Gasteiger partial charge in [-0.05, 0) is 54.7 Å². The van der Waals surface area contributed by atoms with E-state index in [0.29, 0.717) is 36.6 Å². The van der Waals surface area contributed by atoms with Crippen molar-refractivity contribution in [3.05, 3.63) is 71.7 Å². The first kappa shape index (κ1) is 26.6. The van der Waals surface area contributed by atoms with Gasteiger partial charge in [0, 0.05) is 57.3 Å². The Bertz CT molecular complexity index is 1780. The van der Waals surface area contributed by atoms with E-state index in [1.807, 2.05) is 41.9 Å². The Morgan fingerprint density at radius 2 is 1.98 bits per heavy atom. The number of hydrogen-bond acceptors (Lipinski definition) is 6. The number of carbonyl (C=O) groups excluding carboxylic acids is 1. The zero-order chi connectivity index (χ0) is 28.8. The molecule has 5 heterocycles. The summed E-state index contributed by atoms with van der Waals surface area (Å²) in [7, 11) is 1.98. The molecule has 1 amide bonds. The first-order valence-electron chi connectivity index (χ1n) is 14.6. The van der Waals surface area contributed by atoms with Crippen LogP contribution in [0.2, 0.25) is 0 Å². The Morgan fingerprint density at radius 1 is 1.14 bits per heavy atom. The van der Waals surface area contributed by atoms with Gasteiger partial charge in [0.2, 0.25) is 0 Å². The molecule has 1 saturated carbocycles. The van der Waals surface area contributed by atoms with Crippen molar-refractivity contribution in [1.29, 1.82) is 0 Å². The van der Waals surface area contributed by atoms with Crippen molar-refractivity contribution < 1.29 is 13.9 Å². The smallest absolute Gasteiger partial charge is 0.255 e. The molecule has 2 N–H and O–H groups in total. The highest BCUT2D eigenvalue weighted by atomic mass is 19.1. The van der Waals surface area contributed by atoms with Gasteiger partial charge in [-0.1, -0.05) is 12.1 Å². The van der Waals surface area contributed by atoms with Crippen molar-refractivity contribution in [2.75, 3.05) is 26.4 Å². The summed E-state index contributed by atoms with van der Waals surface area (Å²) in [6.07, 6.45) is 7.43. The third-order valence-electron chi connectivity index (χ3n) is 8.36. The van der Waals surface area contributed by atoms with E-state index < -0.39 is 12.7 Å². The third-order valence-corrected chi connectivity index (χ3v) is 8.36. The van der Waals surface area contributed by atoms with Crippen LogP contribution < -0.4 is 10.5 Å². The molecule has 1 atom stereocenters. The number of para-hydroxylation sites is 1. The first-order chi connectivity index (χ1) is 20.5. The van der Waals surface area contributed by atoms with E-state index in [-0.39, 0.29) is 12.5 Å². The molecule has 42 heavy (non-hydrogen) atoms. The molecule has 10 heteroatoms. The normalized spacial score (nSPS) is 15.9. The lowest BCUT2D eigenvalue weighted by molar-refractivity contribution is 0.0723. The Balaban J connectivity index is 1.26. The number of nitrogens with two attached hydrogens (primary N) is 1. The number of aromatic nitrogens is 5. The molecule has 0 radical (unpaired) electrons. The number of halogens is 1. The highest BCUT2D eigenvalue weighted by Crippen LogP contribution is 2.39. The van der Waals surface area contributed by atoms with Gasteiger partial charge in [-0.25, -0.2) is 14.4 Å². The second kappa shape index (κ2) is 10.8. The van der Waals surface area contributed by atoms with Crippen LogP contribution >= 0.6 is 0 Å². The number of hydrogen-bond donors (Lipinski definition) is 1. The van der Waals surface area contributed by atoms with E-state index in [1.165, 1.54) is 18.4 Å². The maximum absolute atomic E-state index is 13.2. The summed E-state index contributed by atoms with van der Waals surface area (Å²) in [5.41, 5.74) is 11.7. The molecular formula is C32H34FN7O2. The lowest BCUT2D eigenvalue weighted by Gasteiger charge is -2.29. The van der Waals surface area contributed by atoms with E-state index in [1.54, 1.807) is 17.3 Å². The topological polar surface area (TPSA) is 104 Å². The summed E-state index contributed by atoms with van der Waals surface area (Å²) in [4.78, 5) is 28.9. The monoisotopic (exact) mass is 567 g/mol. The summed E-state index contributed by atoms with van der Waals surface area (Å²) in [5.74, 6) is 2.11. The second-order valence-corrected chi connectivity index (χ2v) is 11.5. The minimum atomic E-state index is -0.688. The largest absolute Gasteiger partial charge is 0.491 e. The summed E-state index contributed by atoms with van der Waals surface area (Å²) in [6, 6.07) is 13.5. The van der Waals surface area contributed by atoms with Crippen molar-refractivity contribution in [1.82, 2.24) is 29.0 Å². The fourth-order valence-corrected chi connectivity index (χ4v) is 5.94. The van der Waals surface area contributed by atoms with Gasteiger partial charge < -0.3 is 24.5 Å². The van der Waals surface area contributed by atoms with E-state index in [2.05, 4.69) is 21.7 Å². The highest BCUT2D eigenvalue weighted by Gasteiger charge is 2.30. The zero-order valence-corrected chi connectivity index (χ0v) is 23.7. The van der Waals surface area contributed by atoms with Crippen LogP contribution in [0.25, 0.3) is 33.6 Å². The maximum atomic E-state index is 13.2. The third kappa shape index (κ3) is 4.89. The van der Waals surface area contributed by atoms with Crippen molar-refractivity contribution in [3.63, 3.8) is 0 Å². The predicted molar refractivity (Wildman–Crippen MR) is 159 cm³/mol. The molecule has 0 saturated heterocycles. The second-order valence-electron chi connectivity index (χ2n) is 11.5. The number of aryl methyl sites for hydroxylation is 1. The van der Waals surface area contributed by atoms with Gasteiger partial charge in [-0.15, -0.1) is 0 Å². The molecule has 7 rings (SSSR count). The zero-order valence-electron chi connectivity index (χ0n) is 23.7. The number of amides is 1. The van der Waals surface area contributed by atoms with Crippen LogP contribution in [0.3, 0.4) is 0 Å². The van der Waals surface area contributed by atoms with Crippen LogP contribution in [-0.4, -0.2) is 67.3 Å². The lowest BCUT2D eigenvalue weighted by atomic mass is 10.0. The summed E-state index contributed by atoms with van der Waals surface area (Å²) in [6.45, 7) is 1.45. The fraction of sp³-hybridized carbons (Fsp3) is 0.375. The van der Waals surface area contributed by atoms with Crippen molar-refractivity contribution in [3.8, 4) is 17.3 Å². The quantitative estimate of drug-likeness (QED) is 0.270. The van der Waals surface area contributed by atoms with Gasteiger partial charge in [0.25, 0.3) is 5.91 Å². The van der Waals surface area contributed by atoms with Crippen LogP contribution in [0, 0.1) is 5.92 Å². The van der Waals surface area contributed by atoms with Gasteiger partial charge in [0.1, 0.15) is 17.9 Å². The van der Waals surface area contributed by atoms with E-state index in [0.717, 1.165) is 52.5 Å². The molecule has 5 aromatic rings. The maximum Gasteiger partial charge on any atom is 0.255 e. The minimum absolute atomic E-state index is 0.168. The number of fused-ring (bicyclic) bond motifs is 3. The molecule has 216 valence electrons. The van der Waals surface area contributed by atoms with Gasteiger partial charge in [-0.2, -0.15) is 0 Å². The number of pyridine rings is 2. The Hall–Kier alpha value is -4.31. The molecule has 9 nitrogen and oxygen atoms in total. The number of benzene rings is 1. The number of rotatable bonds is 10. The molecular weight excluding hydrogens is 533 g/mol. The van der Waals surface area contributed by atoms with Crippen LogP contribution in [0.4, 0.5) is 4.39 Å². The number of imidazole rings is 1. The van der Waals surface area contributed by atoms with E-state index in [4.69, 9.17) is 20.4 Å². The van der Waals surface area contributed by atoms with Crippen LogP contribution in [0.5, 0.6) is 5.75 Å². The first-order valence-corrected chi connectivity index (χ1v) is 14.6. The molecule has 1 aliphatic heterocycles. The van der Waals surface area contributed by atoms with Crippen molar-refractivity contribution >= 4 is 28.0 Å². The molecule has 0 unspecified atom stereocenters. The molecule has 2 aliphatic rings. The number of carbonyl (C=O) groups is 1. The molecule has 0 bridgehead atoms. The molecule has 1 aliphatic carbocycles. The number of nitrogens with zero attached hydrogens (tertiary/aromatic N) is 6. The SMILES string of the molecule is Cn1c(-c2cc3cccc(OCCc4ccncc4)c3n2CC2CC2)nc2cc3c(nc21)CCN(C[C@H](N)CF)C3=O. The molecule has 4 aromatic heterocycles. The summed E-state index contributed by atoms with van der Waals surface area (Å²) < 4.78 is 23.8. The predicted octanol–water partition coefficient (Wildman–Crippen LogP) is 4.31. The van der Waals surface area contributed by atoms with Crippen LogP contribution in [0.1, 0.15) is 34.5 Å². The Morgan fingerprint density at radius 3 is 2.76 bits per heavy atom. The Kier molecular flexibility index (Phi) is 6.85. The van der Waals surface area contributed by atoms with Crippen molar-refractivity contribution in [2.45, 2.75) is 38.3 Å². The fourth-order valence-electron chi connectivity index (χ4n) is 5.94. The Labute approximate surface area is 243 Å². The van der Waals surface area contributed by atoms with Gasteiger partial charge in [0.15, 0.2) is 11.5 Å². The lowest BCUT2D eigenvalue weighted by Crippen LogP contribution is -2.45. The standard InChI is InChI=1S/C32H34FN7O2/c1-38-30-26(16-24-25(36-30)9-13-39(32(24)41)19-23(34)17-33)37-31(38)27-15-22-3-2-4-28(29(22)40(27)18-21-5-6-21)42-14-10-20-7-11-35-12-8-20/h2-4,7-8,11-12,15-16,21,23H,5-6,9-10,13-14,17-19,34H2,1H3/t23-/m1/s1. The average Bonchev–Trinajstić information content (AvgIpc) is 3.68. The number of ether oxygens (including phenoxy) is 1. The van der Waals surface area contributed by atoms with Gasteiger partial charge >= 0.3 is 0 Å². The molecule has 1 fully saturated rings. The van der Waals surface area contributed by atoms with Gasteiger partial charge in [0.05, 0.1) is 35.1 Å². The van der Waals surface area contributed by atoms with Crippen LogP contribution in [-0.2, 0) is 26.4 Å². The molecule has 1 aromatic carbocycles. The summed E-state index contributed by atoms with van der Waals surface area (Å²) in [5, 5.41) is 1.10. The molecule has 0 spiro atoms. The van der Waals surface area contributed by atoms with E-state index >= 15 is 0 Å². The minimum Gasteiger partial charge on any atom is -0.491 e. The average molecular weight is 568 g/mol. The van der Waals surface area contributed by atoms with Crippen LogP contribution in [0.15, 0.2) is 54.9 Å². The van der Waals surface area contributed by atoms with Crippen molar-refractivity contribution in [2.24, 2.45) is 18.7 Å².